The van der Waals surface area contributed by atoms with Gasteiger partial charge >= 0.3 is 0 Å². The van der Waals surface area contributed by atoms with Crippen LogP contribution in [0, 0.1) is 6.92 Å². The number of nitrogens with zero attached hydrogens (tertiary/aromatic N) is 3. The molecule has 1 aromatic carbocycles. The van der Waals surface area contributed by atoms with Gasteiger partial charge in [-0.15, -0.1) is 0 Å². The van der Waals surface area contributed by atoms with Crippen LogP contribution < -0.4 is 4.74 Å². The minimum absolute atomic E-state index is 0.219. The summed E-state index contributed by atoms with van der Waals surface area (Å²) in [6.45, 7) is 6.23. The van der Waals surface area contributed by atoms with E-state index in [1.54, 1.807) is 31.5 Å². The lowest BCUT2D eigenvalue weighted by Crippen LogP contribution is -2.08. The van der Waals surface area contributed by atoms with Gasteiger partial charge < -0.3 is 4.74 Å². The molecule has 0 amide bonds. The van der Waals surface area contributed by atoms with Gasteiger partial charge in [-0.2, -0.15) is 5.10 Å². The summed E-state index contributed by atoms with van der Waals surface area (Å²) in [6, 6.07) is 9.44. The highest BCUT2D eigenvalue weighted by Gasteiger charge is 2.15. The smallest absolute Gasteiger partial charge is 0.154 e. The first-order valence-electron chi connectivity index (χ1n) is 8.37. The van der Waals surface area contributed by atoms with E-state index in [0.717, 1.165) is 23.2 Å². The van der Waals surface area contributed by atoms with Crippen LogP contribution in [0.25, 0.3) is 11.4 Å². The SMILES string of the molecule is Cc1c(Cl)ccc(OCc2cccnc2-c2ccnn2C(C)C)c1C=O. The Bertz CT molecular complexity index is 935. The molecule has 0 N–H and O–H groups in total. The number of aromatic nitrogens is 3. The van der Waals surface area contributed by atoms with Crippen LogP contribution in [0.1, 0.15) is 41.4 Å². The first-order valence-corrected chi connectivity index (χ1v) is 8.75. The number of rotatable bonds is 6. The Hall–Kier alpha value is -2.66. The molecule has 0 saturated carbocycles. The van der Waals surface area contributed by atoms with Crippen LogP contribution in [-0.4, -0.2) is 21.1 Å². The van der Waals surface area contributed by atoms with Crippen molar-refractivity contribution < 1.29 is 9.53 Å². The number of ether oxygens (including phenoxy) is 1. The fourth-order valence-electron chi connectivity index (χ4n) is 2.80. The second kappa shape index (κ2) is 7.70. The van der Waals surface area contributed by atoms with Crippen molar-refractivity contribution in [3.8, 4) is 17.1 Å². The van der Waals surface area contributed by atoms with Gasteiger partial charge in [-0.1, -0.05) is 17.7 Å². The fourth-order valence-corrected chi connectivity index (χ4v) is 2.97. The zero-order chi connectivity index (χ0) is 18.7. The van der Waals surface area contributed by atoms with E-state index in [-0.39, 0.29) is 12.6 Å². The van der Waals surface area contributed by atoms with Gasteiger partial charge in [0.25, 0.3) is 0 Å². The van der Waals surface area contributed by atoms with Crippen LogP contribution in [-0.2, 0) is 6.61 Å². The van der Waals surface area contributed by atoms with E-state index in [9.17, 15) is 4.79 Å². The molecular formula is C20H20ClN3O2. The Morgan fingerprint density at radius 3 is 2.77 bits per heavy atom. The van der Waals surface area contributed by atoms with Gasteiger partial charge in [0.05, 0.1) is 17.0 Å². The normalized spacial score (nSPS) is 11.0. The van der Waals surface area contributed by atoms with E-state index < -0.39 is 0 Å². The molecule has 0 atom stereocenters. The lowest BCUT2D eigenvalue weighted by atomic mass is 10.1. The van der Waals surface area contributed by atoms with Gasteiger partial charge in [-0.3, -0.25) is 14.5 Å². The molecule has 0 saturated heterocycles. The summed E-state index contributed by atoms with van der Waals surface area (Å²) in [5.41, 5.74) is 3.84. The van der Waals surface area contributed by atoms with Gasteiger partial charge in [-0.05, 0) is 50.6 Å². The van der Waals surface area contributed by atoms with E-state index in [1.165, 1.54) is 0 Å². The Balaban J connectivity index is 1.92. The molecule has 0 aliphatic carbocycles. The third-order valence-electron chi connectivity index (χ3n) is 4.20. The molecule has 0 aliphatic heterocycles. The number of carbonyl (C=O) groups is 1. The van der Waals surface area contributed by atoms with Crippen molar-refractivity contribution in [3.63, 3.8) is 0 Å². The third-order valence-corrected chi connectivity index (χ3v) is 4.61. The average molecular weight is 370 g/mol. The van der Waals surface area contributed by atoms with Gasteiger partial charge in [0.2, 0.25) is 0 Å². The summed E-state index contributed by atoms with van der Waals surface area (Å²) in [6.07, 6.45) is 4.29. The summed E-state index contributed by atoms with van der Waals surface area (Å²) in [7, 11) is 0. The molecule has 0 fully saturated rings. The molecule has 3 aromatic rings. The highest BCUT2D eigenvalue weighted by Crippen LogP contribution is 2.29. The Labute approximate surface area is 157 Å². The fraction of sp³-hybridized carbons (Fsp3) is 0.250. The highest BCUT2D eigenvalue weighted by atomic mass is 35.5. The van der Waals surface area contributed by atoms with Crippen LogP contribution in [0.2, 0.25) is 5.02 Å². The lowest BCUT2D eigenvalue weighted by Gasteiger charge is -2.15. The topological polar surface area (TPSA) is 57.0 Å². The van der Waals surface area contributed by atoms with E-state index in [0.29, 0.717) is 21.9 Å². The Kier molecular flexibility index (Phi) is 5.38. The van der Waals surface area contributed by atoms with Gasteiger partial charge in [0.15, 0.2) is 6.29 Å². The quantitative estimate of drug-likeness (QED) is 0.581. The van der Waals surface area contributed by atoms with E-state index >= 15 is 0 Å². The first kappa shape index (κ1) is 18.1. The molecule has 0 aliphatic rings. The van der Waals surface area contributed by atoms with Gasteiger partial charge in [0, 0.05) is 29.0 Å². The van der Waals surface area contributed by atoms with Crippen molar-refractivity contribution in [2.45, 2.75) is 33.4 Å². The Morgan fingerprint density at radius 2 is 2.04 bits per heavy atom. The molecule has 2 aromatic heterocycles. The average Bonchev–Trinajstić information content (AvgIpc) is 3.13. The monoisotopic (exact) mass is 369 g/mol. The zero-order valence-electron chi connectivity index (χ0n) is 14.9. The van der Waals surface area contributed by atoms with Crippen LogP contribution in [0.5, 0.6) is 5.75 Å². The minimum Gasteiger partial charge on any atom is -0.488 e. The number of benzene rings is 1. The standard InChI is InChI=1S/C20H20ClN3O2/c1-13(2)24-18(8-10-23-24)20-15(5-4-9-22-20)12-26-19-7-6-17(21)14(3)16(19)11-25/h4-11,13H,12H2,1-3H3. The first-order chi connectivity index (χ1) is 12.5. The molecule has 6 heteroatoms. The van der Waals surface area contributed by atoms with Crippen LogP contribution in [0.3, 0.4) is 0 Å². The highest BCUT2D eigenvalue weighted by molar-refractivity contribution is 6.31. The molecule has 3 rings (SSSR count). The summed E-state index contributed by atoms with van der Waals surface area (Å²) < 4.78 is 7.86. The number of aldehydes is 1. The Morgan fingerprint density at radius 1 is 1.23 bits per heavy atom. The van der Waals surface area contributed by atoms with Gasteiger partial charge in [0.1, 0.15) is 12.4 Å². The van der Waals surface area contributed by atoms with E-state index in [4.69, 9.17) is 16.3 Å². The molecule has 134 valence electrons. The largest absolute Gasteiger partial charge is 0.488 e. The summed E-state index contributed by atoms with van der Waals surface area (Å²) in [5, 5.41) is 4.92. The molecule has 0 unspecified atom stereocenters. The summed E-state index contributed by atoms with van der Waals surface area (Å²) in [5.74, 6) is 0.508. The zero-order valence-corrected chi connectivity index (χ0v) is 15.7. The number of carbonyl (C=O) groups excluding carboxylic acids is 1. The number of halogens is 1. The number of pyridine rings is 1. The molecule has 5 nitrogen and oxygen atoms in total. The predicted molar refractivity (Wildman–Crippen MR) is 102 cm³/mol. The maximum Gasteiger partial charge on any atom is 0.154 e. The minimum atomic E-state index is 0.219. The lowest BCUT2D eigenvalue weighted by molar-refractivity contribution is 0.111. The summed E-state index contributed by atoms with van der Waals surface area (Å²) >= 11 is 6.09. The van der Waals surface area contributed by atoms with Crippen molar-refractivity contribution in [1.29, 1.82) is 0 Å². The van der Waals surface area contributed by atoms with Crippen molar-refractivity contribution in [2.24, 2.45) is 0 Å². The van der Waals surface area contributed by atoms with Crippen molar-refractivity contribution in [2.75, 3.05) is 0 Å². The molecule has 26 heavy (non-hydrogen) atoms. The molecule has 2 heterocycles. The van der Waals surface area contributed by atoms with Crippen LogP contribution >= 0.6 is 11.6 Å². The molecular weight excluding hydrogens is 350 g/mol. The van der Waals surface area contributed by atoms with E-state index in [2.05, 4.69) is 23.9 Å². The maximum absolute atomic E-state index is 11.4. The van der Waals surface area contributed by atoms with Crippen molar-refractivity contribution in [3.05, 3.63) is 64.4 Å². The third kappa shape index (κ3) is 3.48. The van der Waals surface area contributed by atoms with Crippen molar-refractivity contribution >= 4 is 17.9 Å². The second-order valence-electron chi connectivity index (χ2n) is 6.26. The van der Waals surface area contributed by atoms with Gasteiger partial charge in [-0.25, -0.2) is 0 Å². The number of hydrogen-bond acceptors (Lipinski definition) is 4. The van der Waals surface area contributed by atoms with E-state index in [1.807, 2.05) is 22.9 Å². The van der Waals surface area contributed by atoms with Crippen LogP contribution in [0.15, 0.2) is 42.7 Å². The second-order valence-corrected chi connectivity index (χ2v) is 6.66. The predicted octanol–water partition coefficient (Wildman–Crippen LogP) is 4.88. The molecule has 0 bridgehead atoms. The molecule has 0 radical (unpaired) electrons. The van der Waals surface area contributed by atoms with Crippen molar-refractivity contribution in [1.82, 2.24) is 14.8 Å². The number of hydrogen-bond donors (Lipinski definition) is 0. The summed E-state index contributed by atoms with van der Waals surface area (Å²) in [4.78, 5) is 15.9. The maximum atomic E-state index is 11.4. The molecule has 0 spiro atoms. The van der Waals surface area contributed by atoms with Crippen LogP contribution in [0.4, 0.5) is 0 Å².